The fraction of sp³-hybridized carbons (Fsp3) is 0.786. The highest BCUT2D eigenvalue weighted by Gasteiger charge is 2.26. The number of hydrogen-bond acceptors (Lipinski definition) is 5. The number of rotatable bonds is 4. The molecule has 1 N–H and O–H groups in total. The Morgan fingerprint density at radius 3 is 2.79 bits per heavy atom. The summed E-state index contributed by atoms with van der Waals surface area (Å²) in [7, 11) is 4.25. The van der Waals surface area contributed by atoms with Crippen LogP contribution in [0.3, 0.4) is 0 Å². The van der Waals surface area contributed by atoms with Gasteiger partial charge in [-0.2, -0.15) is 4.98 Å². The van der Waals surface area contributed by atoms with Crippen molar-refractivity contribution in [1.29, 1.82) is 0 Å². The molecule has 0 radical (unpaired) electrons. The van der Waals surface area contributed by atoms with E-state index < -0.39 is 0 Å². The molecule has 1 saturated heterocycles. The highest BCUT2D eigenvalue weighted by Crippen LogP contribution is 2.21. The number of nitrogens with zero attached hydrogens (tertiary/aromatic N) is 3. The highest BCUT2D eigenvalue weighted by molar-refractivity contribution is 5.29. The zero-order chi connectivity index (χ0) is 14.0. The Bertz CT molecular complexity index is 408. The van der Waals surface area contributed by atoms with Gasteiger partial charge in [0.05, 0.1) is 5.69 Å². The molecule has 2 heterocycles. The summed E-state index contributed by atoms with van der Waals surface area (Å²) in [5.74, 6) is 0. The largest absolute Gasteiger partial charge is 0.432 e. The van der Waals surface area contributed by atoms with E-state index in [1.54, 1.807) is 6.26 Å². The first kappa shape index (κ1) is 14.3. The van der Waals surface area contributed by atoms with Crippen LogP contribution in [0, 0.1) is 0 Å². The Labute approximate surface area is 116 Å². The molecule has 1 aromatic rings. The Hall–Kier alpha value is -1.07. The second-order valence-electron chi connectivity index (χ2n) is 6.58. The van der Waals surface area contributed by atoms with Crippen molar-refractivity contribution in [3.8, 4) is 0 Å². The lowest BCUT2D eigenvalue weighted by molar-refractivity contribution is 0.315. The van der Waals surface area contributed by atoms with Gasteiger partial charge in [-0.1, -0.05) is 0 Å². The van der Waals surface area contributed by atoms with E-state index in [2.05, 4.69) is 55.0 Å². The number of nitrogens with one attached hydrogen (secondary N) is 1. The summed E-state index contributed by atoms with van der Waals surface area (Å²) in [4.78, 5) is 9.06. The van der Waals surface area contributed by atoms with Gasteiger partial charge in [0.25, 0.3) is 6.01 Å². The molecule has 0 amide bonds. The molecule has 0 saturated carbocycles. The minimum atomic E-state index is 0.1000. The number of oxazole rings is 1. The maximum Gasteiger partial charge on any atom is 0.297 e. The zero-order valence-electron chi connectivity index (χ0n) is 12.7. The van der Waals surface area contributed by atoms with Crippen LogP contribution >= 0.6 is 0 Å². The molecule has 2 rings (SSSR count). The minimum absolute atomic E-state index is 0.1000. The smallest absolute Gasteiger partial charge is 0.297 e. The molecule has 0 bridgehead atoms. The van der Waals surface area contributed by atoms with Crippen molar-refractivity contribution in [1.82, 2.24) is 15.2 Å². The van der Waals surface area contributed by atoms with Gasteiger partial charge in [-0.05, 0) is 41.3 Å². The Morgan fingerprint density at radius 1 is 1.47 bits per heavy atom. The van der Waals surface area contributed by atoms with Gasteiger partial charge in [0.1, 0.15) is 6.26 Å². The average Bonchev–Trinajstić information content (AvgIpc) is 2.94. The van der Waals surface area contributed by atoms with Crippen molar-refractivity contribution in [3.05, 3.63) is 12.0 Å². The maximum atomic E-state index is 5.60. The van der Waals surface area contributed by atoms with E-state index >= 15 is 0 Å². The zero-order valence-corrected chi connectivity index (χ0v) is 12.7. The van der Waals surface area contributed by atoms with Crippen LogP contribution in [0.4, 0.5) is 6.01 Å². The van der Waals surface area contributed by atoms with E-state index in [4.69, 9.17) is 4.42 Å². The fourth-order valence-corrected chi connectivity index (χ4v) is 2.22. The van der Waals surface area contributed by atoms with Crippen LogP contribution in [0.5, 0.6) is 0 Å². The molecule has 108 valence electrons. The topological polar surface area (TPSA) is 44.5 Å². The molecule has 1 fully saturated rings. The molecule has 1 aromatic heterocycles. The van der Waals surface area contributed by atoms with Crippen molar-refractivity contribution < 1.29 is 4.42 Å². The summed E-state index contributed by atoms with van der Waals surface area (Å²) in [6, 6.07) is 1.36. The van der Waals surface area contributed by atoms with Gasteiger partial charge in [0.2, 0.25) is 0 Å². The highest BCUT2D eigenvalue weighted by atomic mass is 16.4. The van der Waals surface area contributed by atoms with E-state index in [1.165, 1.54) is 6.42 Å². The summed E-state index contributed by atoms with van der Waals surface area (Å²) in [5.41, 5.74) is 1.07. The van der Waals surface area contributed by atoms with E-state index in [1.807, 2.05) is 0 Å². The first-order valence-electron chi connectivity index (χ1n) is 6.96. The second kappa shape index (κ2) is 5.51. The van der Waals surface area contributed by atoms with Crippen molar-refractivity contribution in [3.63, 3.8) is 0 Å². The van der Waals surface area contributed by atoms with Gasteiger partial charge in [0.15, 0.2) is 0 Å². The summed E-state index contributed by atoms with van der Waals surface area (Å²) in [5, 5.41) is 3.42. The van der Waals surface area contributed by atoms with Crippen molar-refractivity contribution in [2.75, 3.05) is 32.1 Å². The third-order valence-electron chi connectivity index (χ3n) is 3.50. The first-order chi connectivity index (χ1) is 8.85. The van der Waals surface area contributed by atoms with Gasteiger partial charge in [-0.25, -0.2) is 0 Å². The SMILES string of the molecule is CN(C)C1CCN(c2nc(CNC(C)(C)C)co2)C1. The normalized spacial score (nSPS) is 20.5. The van der Waals surface area contributed by atoms with Crippen LogP contribution in [-0.4, -0.2) is 48.6 Å². The monoisotopic (exact) mass is 266 g/mol. The van der Waals surface area contributed by atoms with Crippen LogP contribution in [-0.2, 0) is 6.54 Å². The van der Waals surface area contributed by atoms with E-state index in [-0.39, 0.29) is 5.54 Å². The van der Waals surface area contributed by atoms with Crippen LogP contribution in [0.15, 0.2) is 10.7 Å². The van der Waals surface area contributed by atoms with Crippen LogP contribution in [0.2, 0.25) is 0 Å². The predicted molar refractivity (Wildman–Crippen MR) is 77.4 cm³/mol. The average molecular weight is 266 g/mol. The van der Waals surface area contributed by atoms with Gasteiger partial charge < -0.3 is 19.5 Å². The van der Waals surface area contributed by atoms with Gasteiger partial charge in [0, 0.05) is 31.2 Å². The fourth-order valence-electron chi connectivity index (χ4n) is 2.22. The predicted octanol–water partition coefficient (Wildman–Crippen LogP) is 1.70. The molecule has 0 spiro atoms. The molecular formula is C14H26N4O. The van der Waals surface area contributed by atoms with Crippen LogP contribution in [0.25, 0.3) is 0 Å². The maximum absolute atomic E-state index is 5.60. The van der Waals surface area contributed by atoms with Gasteiger partial charge in [-0.15, -0.1) is 0 Å². The molecule has 0 aromatic carbocycles. The standard InChI is InChI=1S/C14H26N4O/c1-14(2,3)15-8-11-10-19-13(16-11)18-7-6-12(9-18)17(4)5/h10,12,15H,6-9H2,1-5H3. The van der Waals surface area contributed by atoms with Crippen LogP contribution < -0.4 is 10.2 Å². The van der Waals surface area contributed by atoms with Crippen molar-refractivity contribution in [2.24, 2.45) is 0 Å². The molecule has 1 atom stereocenters. The van der Waals surface area contributed by atoms with Crippen LogP contribution in [0.1, 0.15) is 32.9 Å². The van der Waals surface area contributed by atoms with Crippen molar-refractivity contribution in [2.45, 2.75) is 45.3 Å². The van der Waals surface area contributed by atoms with Gasteiger partial charge >= 0.3 is 0 Å². The Kier molecular flexibility index (Phi) is 4.16. The molecule has 1 unspecified atom stereocenters. The lowest BCUT2D eigenvalue weighted by Crippen LogP contribution is -2.35. The van der Waals surface area contributed by atoms with Crippen molar-refractivity contribution >= 4 is 6.01 Å². The molecule has 0 aliphatic carbocycles. The molecule has 5 heteroatoms. The molecule has 19 heavy (non-hydrogen) atoms. The van der Waals surface area contributed by atoms with E-state index in [0.29, 0.717) is 6.04 Å². The number of aromatic nitrogens is 1. The third kappa shape index (κ3) is 3.94. The summed E-state index contributed by atoms with van der Waals surface area (Å²) in [6.07, 6.45) is 2.93. The second-order valence-corrected chi connectivity index (χ2v) is 6.58. The summed E-state index contributed by atoms with van der Waals surface area (Å²) < 4.78 is 5.60. The summed E-state index contributed by atoms with van der Waals surface area (Å²) in [6.45, 7) is 9.22. The Morgan fingerprint density at radius 2 is 2.21 bits per heavy atom. The quantitative estimate of drug-likeness (QED) is 0.898. The number of likely N-dealkylation sites (N-methyl/N-ethyl adjacent to an activating group) is 1. The number of anilines is 1. The van der Waals surface area contributed by atoms with E-state index in [9.17, 15) is 0 Å². The Balaban J connectivity index is 1.91. The lowest BCUT2D eigenvalue weighted by atomic mass is 10.1. The minimum Gasteiger partial charge on any atom is -0.432 e. The third-order valence-corrected chi connectivity index (χ3v) is 3.50. The lowest BCUT2D eigenvalue weighted by Gasteiger charge is -2.19. The van der Waals surface area contributed by atoms with E-state index in [0.717, 1.165) is 31.3 Å². The molecule has 1 aliphatic rings. The molecular weight excluding hydrogens is 240 g/mol. The molecule has 1 aliphatic heterocycles. The summed E-state index contributed by atoms with van der Waals surface area (Å²) >= 11 is 0. The number of hydrogen-bond donors (Lipinski definition) is 1. The van der Waals surface area contributed by atoms with Gasteiger partial charge in [-0.3, -0.25) is 0 Å². The first-order valence-corrected chi connectivity index (χ1v) is 6.96. The molecule has 5 nitrogen and oxygen atoms in total.